The quantitative estimate of drug-likeness (QED) is 0.793. The highest BCUT2D eigenvalue weighted by Gasteiger charge is 2.12. The minimum atomic E-state index is -0.214. The topological polar surface area (TPSA) is 64.3 Å². The van der Waals surface area contributed by atoms with E-state index in [1.807, 2.05) is 6.92 Å². The molecule has 0 saturated heterocycles. The third-order valence-corrected chi connectivity index (χ3v) is 2.63. The van der Waals surface area contributed by atoms with Crippen molar-refractivity contribution in [3.63, 3.8) is 0 Å². The van der Waals surface area contributed by atoms with Crippen LogP contribution in [0.2, 0.25) is 5.02 Å². The fraction of sp³-hybridized carbons (Fsp3) is 0.417. The molecule has 0 heterocycles. The third kappa shape index (κ3) is 4.24. The van der Waals surface area contributed by atoms with Gasteiger partial charge in [-0.25, -0.2) is 0 Å². The highest BCUT2D eigenvalue weighted by atomic mass is 35.5. The number of halogens is 1. The maximum atomic E-state index is 11.9. The summed E-state index contributed by atoms with van der Waals surface area (Å²) < 4.78 is 4.95. The van der Waals surface area contributed by atoms with E-state index in [-0.39, 0.29) is 11.9 Å². The Morgan fingerprint density at radius 3 is 2.94 bits per heavy atom. The fourth-order valence-electron chi connectivity index (χ4n) is 1.39. The van der Waals surface area contributed by atoms with Crippen LogP contribution < -0.4 is 11.1 Å². The van der Waals surface area contributed by atoms with Gasteiger partial charge in [0.05, 0.1) is 5.56 Å². The molecule has 1 rings (SSSR count). The van der Waals surface area contributed by atoms with E-state index in [4.69, 9.17) is 22.1 Å². The molecule has 17 heavy (non-hydrogen) atoms. The van der Waals surface area contributed by atoms with E-state index in [1.165, 1.54) is 0 Å². The first kappa shape index (κ1) is 13.8. The zero-order valence-electron chi connectivity index (χ0n) is 10.00. The predicted molar refractivity (Wildman–Crippen MR) is 69.3 cm³/mol. The smallest absolute Gasteiger partial charge is 0.253 e. The molecule has 4 nitrogen and oxygen atoms in total. The van der Waals surface area contributed by atoms with Gasteiger partial charge in [0.2, 0.25) is 0 Å². The number of ether oxygens (including phenoxy) is 1. The second kappa shape index (κ2) is 6.47. The molecule has 0 spiro atoms. The second-order valence-corrected chi connectivity index (χ2v) is 4.32. The van der Waals surface area contributed by atoms with Crippen molar-refractivity contribution in [1.82, 2.24) is 5.32 Å². The average molecular weight is 257 g/mol. The SMILES string of the molecule is COCCC(C)NC(=O)c1cc(Cl)ccc1N. The van der Waals surface area contributed by atoms with Crippen molar-refractivity contribution in [2.24, 2.45) is 0 Å². The van der Waals surface area contributed by atoms with E-state index >= 15 is 0 Å². The van der Waals surface area contributed by atoms with Gasteiger partial charge in [0.1, 0.15) is 0 Å². The number of benzene rings is 1. The average Bonchev–Trinajstić information content (AvgIpc) is 2.29. The van der Waals surface area contributed by atoms with Crippen LogP contribution in [0.3, 0.4) is 0 Å². The predicted octanol–water partition coefficient (Wildman–Crippen LogP) is 2.08. The first-order valence-corrected chi connectivity index (χ1v) is 5.77. The van der Waals surface area contributed by atoms with E-state index in [9.17, 15) is 4.79 Å². The van der Waals surface area contributed by atoms with Crippen LogP contribution in [-0.4, -0.2) is 25.7 Å². The Hall–Kier alpha value is -1.26. The van der Waals surface area contributed by atoms with Crippen LogP contribution >= 0.6 is 11.6 Å². The van der Waals surface area contributed by atoms with Gasteiger partial charge < -0.3 is 15.8 Å². The maximum Gasteiger partial charge on any atom is 0.253 e. The van der Waals surface area contributed by atoms with Crippen LogP contribution in [0.15, 0.2) is 18.2 Å². The summed E-state index contributed by atoms with van der Waals surface area (Å²) in [6.07, 6.45) is 0.753. The number of hydrogen-bond acceptors (Lipinski definition) is 3. The van der Waals surface area contributed by atoms with Crippen LogP contribution in [0.1, 0.15) is 23.7 Å². The summed E-state index contributed by atoms with van der Waals surface area (Å²) >= 11 is 5.83. The van der Waals surface area contributed by atoms with Crippen LogP contribution in [-0.2, 0) is 4.74 Å². The lowest BCUT2D eigenvalue weighted by atomic mass is 10.1. The number of anilines is 1. The molecule has 0 aliphatic heterocycles. The van der Waals surface area contributed by atoms with E-state index in [1.54, 1.807) is 25.3 Å². The van der Waals surface area contributed by atoms with E-state index in [0.717, 1.165) is 6.42 Å². The first-order valence-electron chi connectivity index (χ1n) is 5.39. The van der Waals surface area contributed by atoms with E-state index in [2.05, 4.69) is 5.32 Å². The lowest BCUT2D eigenvalue weighted by molar-refractivity contribution is 0.0930. The molecule has 1 amide bonds. The molecule has 0 aliphatic carbocycles. The van der Waals surface area contributed by atoms with Crippen LogP contribution in [0.5, 0.6) is 0 Å². The van der Waals surface area contributed by atoms with Gasteiger partial charge in [-0.2, -0.15) is 0 Å². The monoisotopic (exact) mass is 256 g/mol. The molecule has 1 aromatic rings. The zero-order chi connectivity index (χ0) is 12.8. The van der Waals surface area contributed by atoms with Gasteiger partial charge in [0.25, 0.3) is 5.91 Å². The largest absolute Gasteiger partial charge is 0.398 e. The van der Waals surface area contributed by atoms with Gasteiger partial charge in [-0.3, -0.25) is 4.79 Å². The van der Waals surface area contributed by atoms with Crippen molar-refractivity contribution in [3.05, 3.63) is 28.8 Å². The van der Waals surface area contributed by atoms with Crippen LogP contribution in [0.4, 0.5) is 5.69 Å². The summed E-state index contributed by atoms with van der Waals surface area (Å²) in [5, 5.41) is 3.34. The molecule has 0 fully saturated rings. The van der Waals surface area contributed by atoms with Gasteiger partial charge in [0.15, 0.2) is 0 Å². The Morgan fingerprint density at radius 1 is 1.59 bits per heavy atom. The van der Waals surface area contributed by atoms with Crippen molar-refractivity contribution in [3.8, 4) is 0 Å². The van der Waals surface area contributed by atoms with E-state index < -0.39 is 0 Å². The molecule has 1 unspecified atom stereocenters. The summed E-state index contributed by atoms with van der Waals surface area (Å²) in [6.45, 7) is 2.52. The number of amides is 1. The third-order valence-electron chi connectivity index (χ3n) is 2.39. The number of rotatable bonds is 5. The minimum Gasteiger partial charge on any atom is -0.398 e. The molecule has 0 aromatic heterocycles. The Balaban J connectivity index is 2.66. The molecule has 3 N–H and O–H groups in total. The number of carbonyl (C=O) groups excluding carboxylic acids is 1. The summed E-state index contributed by atoms with van der Waals surface area (Å²) in [5.74, 6) is -0.214. The maximum absolute atomic E-state index is 11.9. The summed E-state index contributed by atoms with van der Waals surface area (Å²) in [4.78, 5) is 11.9. The molecule has 1 aromatic carbocycles. The van der Waals surface area contributed by atoms with Gasteiger partial charge in [0, 0.05) is 30.5 Å². The standard InChI is InChI=1S/C12H17ClN2O2/c1-8(5-6-17-2)15-12(16)10-7-9(13)3-4-11(10)14/h3-4,7-8H,5-6,14H2,1-2H3,(H,15,16). The Bertz CT molecular complexity index is 396. The van der Waals surface area contributed by atoms with Crippen molar-refractivity contribution in [2.45, 2.75) is 19.4 Å². The summed E-state index contributed by atoms with van der Waals surface area (Å²) in [7, 11) is 1.63. The van der Waals surface area contributed by atoms with Crippen molar-refractivity contribution < 1.29 is 9.53 Å². The van der Waals surface area contributed by atoms with Gasteiger partial charge in [-0.05, 0) is 31.5 Å². The molecule has 0 bridgehead atoms. The number of methoxy groups -OCH3 is 1. The zero-order valence-corrected chi connectivity index (χ0v) is 10.8. The van der Waals surface area contributed by atoms with Crippen molar-refractivity contribution >= 4 is 23.2 Å². The molecule has 0 saturated carbocycles. The van der Waals surface area contributed by atoms with Crippen molar-refractivity contribution in [2.75, 3.05) is 19.5 Å². The van der Waals surface area contributed by atoms with Gasteiger partial charge in [-0.15, -0.1) is 0 Å². The fourth-order valence-corrected chi connectivity index (χ4v) is 1.57. The molecule has 94 valence electrons. The number of hydrogen-bond donors (Lipinski definition) is 2. The molecule has 0 aliphatic rings. The molecule has 0 radical (unpaired) electrons. The van der Waals surface area contributed by atoms with E-state index in [0.29, 0.717) is 22.9 Å². The lowest BCUT2D eigenvalue weighted by Crippen LogP contribution is -2.33. The summed E-state index contributed by atoms with van der Waals surface area (Å²) in [6, 6.07) is 4.87. The second-order valence-electron chi connectivity index (χ2n) is 3.89. The number of nitrogens with one attached hydrogen (secondary N) is 1. The highest BCUT2D eigenvalue weighted by molar-refractivity contribution is 6.31. The molecular formula is C12H17ClN2O2. The Labute approximate surface area is 106 Å². The number of nitrogen functional groups attached to an aromatic ring is 1. The number of carbonyl (C=O) groups is 1. The summed E-state index contributed by atoms with van der Waals surface area (Å²) in [5.41, 5.74) is 6.55. The minimum absolute atomic E-state index is 0.0285. The molecule has 1 atom stereocenters. The highest BCUT2D eigenvalue weighted by Crippen LogP contribution is 2.17. The van der Waals surface area contributed by atoms with Gasteiger partial charge >= 0.3 is 0 Å². The Morgan fingerprint density at radius 2 is 2.29 bits per heavy atom. The molecular weight excluding hydrogens is 240 g/mol. The first-order chi connectivity index (χ1) is 8.04. The van der Waals surface area contributed by atoms with Crippen LogP contribution in [0, 0.1) is 0 Å². The number of nitrogens with two attached hydrogens (primary N) is 1. The molecule has 5 heteroatoms. The van der Waals surface area contributed by atoms with Crippen LogP contribution in [0.25, 0.3) is 0 Å². The Kier molecular flexibility index (Phi) is 5.25. The van der Waals surface area contributed by atoms with Crippen molar-refractivity contribution in [1.29, 1.82) is 0 Å². The van der Waals surface area contributed by atoms with Gasteiger partial charge in [-0.1, -0.05) is 11.6 Å². The lowest BCUT2D eigenvalue weighted by Gasteiger charge is -2.14. The normalized spacial score (nSPS) is 12.2.